The zero-order valence-electron chi connectivity index (χ0n) is 12.7. The van der Waals surface area contributed by atoms with Crippen LogP contribution in [-0.2, 0) is 0 Å². The van der Waals surface area contributed by atoms with Crippen molar-refractivity contribution in [2.75, 3.05) is 7.11 Å². The van der Waals surface area contributed by atoms with Gasteiger partial charge in [0.15, 0.2) is 0 Å². The van der Waals surface area contributed by atoms with E-state index in [4.69, 9.17) is 4.74 Å². The van der Waals surface area contributed by atoms with Gasteiger partial charge in [-0.05, 0) is 52.7 Å². The number of hydrogen-bond acceptors (Lipinski definition) is 3. The zero-order valence-corrected chi connectivity index (χ0v) is 12.7. The van der Waals surface area contributed by atoms with Gasteiger partial charge in [-0.15, -0.1) is 0 Å². The summed E-state index contributed by atoms with van der Waals surface area (Å²) in [5.74, 6) is 0.544. The van der Waals surface area contributed by atoms with E-state index in [-0.39, 0.29) is 5.91 Å². The van der Waals surface area contributed by atoms with Crippen LogP contribution >= 0.6 is 0 Å². The fourth-order valence-electron chi connectivity index (χ4n) is 2.25. The normalized spacial score (nSPS) is 10.8. The van der Waals surface area contributed by atoms with Crippen LogP contribution < -0.4 is 10.2 Å². The van der Waals surface area contributed by atoms with Crippen LogP contribution in [0.3, 0.4) is 0 Å². The molecule has 4 heteroatoms. The Morgan fingerprint density at radius 3 is 2.48 bits per heavy atom. The van der Waals surface area contributed by atoms with E-state index in [9.17, 15) is 4.79 Å². The molecule has 0 aliphatic heterocycles. The summed E-state index contributed by atoms with van der Waals surface area (Å²) in [5.41, 5.74) is 4.00. The number of benzene rings is 3. The summed E-state index contributed by atoms with van der Waals surface area (Å²) in [6, 6.07) is 20.9. The summed E-state index contributed by atoms with van der Waals surface area (Å²) in [4.78, 5) is 12.1. The average molecular weight is 304 g/mol. The highest BCUT2D eigenvalue weighted by molar-refractivity contribution is 5.98. The molecule has 0 atom stereocenters. The second-order valence-corrected chi connectivity index (χ2v) is 5.03. The molecule has 3 aromatic carbocycles. The van der Waals surface area contributed by atoms with E-state index in [2.05, 4.69) is 10.5 Å². The molecular formula is C19H16N2O2. The van der Waals surface area contributed by atoms with Crippen molar-refractivity contribution in [3.63, 3.8) is 0 Å². The first-order valence-corrected chi connectivity index (χ1v) is 7.22. The van der Waals surface area contributed by atoms with Crippen LogP contribution in [0.1, 0.15) is 15.9 Å². The molecule has 23 heavy (non-hydrogen) atoms. The highest BCUT2D eigenvalue weighted by Gasteiger charge is 2.04. The van der Waals surface area contributed by atoms with Gasteiger partial charge in [0.05, 0.1) is 13.3 Å². The van der Waals surface area contributed by atoms with Gasteiger partial charge in [0.2, 0.25) is 0 Å². The highest BCUT2D eigenvalue weighted by Crippen LogP contribution is 2.15. The minimum absolute atomic E-state index is 0.236. The van der Waals surface area contributed by atoms with Gasteiger partial charge in [-0.2, -0.15) is 5.10 Å². The van der Waals surface area contributed by atoms with Crippen LogP contribution in [0.4, 0.5) is 0 Å². The number of hydrogen-bond donors (Lipinski definition) is 1. The van der Waals surface area contributed by atoms with E-state index < -0.39 is 0 Å². The van der Waals surface area contributed by atoms with Crippen LogP contribution in [0.2, 0.25) is 0 Å². The van der Waals surface area contributed by atoms with Crippen LogP contribution in [0.15, 0.2) is 71.8 Å². The average Bonchev–Trinajstić information content (AvgIpc) is 2.61. The quantitative estimate of drug-likeness (QED) is 0.591. The lowest BCUT2D eigenvalue weighted by atomic mass is 10.1. The van der Waals surface area contributed by atoms with E-state index >= 15 is 0 Å². The highest BCUT2D eigenvalue weighted by atomic mass is 16.5. The summed E-state index contributed by atoms with van der Waals surface area (Å²) in [6.45, 7) is 0. The molecule has 3 rings (SSSR count). The lowest BCUT2D eigenvalue weighted by molar-refractivity contribution is 0.0955. The number of hydrazone groups is 1. The second-order valence-electron chi connectivity index (χ2n) is 5.03. The molecule has 0 radical (unpaired) electrons. The van der Waals surface area contributed by atoms with Crippen LogP contribution in [0.25, 0.3) is 10.8 Å². The molecule has 4 nitrogen and oxygen atoms in total. The molecule has 0 aliphatic carbocycles. The maximum Gasteiger partial charge on any atom is 0.271 e. The number of methoxy groups -OCH3 is 1. The van der Waals surface area contributed by atoms with Gasteiger partial charge in [-0.25, -0.2) is 5.43 Å². The first-order chi connectivity index (χ1) is 11.3. The molecule has 0 spiro atoms. The standard InChI is InChI=1S/C19H16N2O2/c1-23-18-10-6-14(7-11-18)13-20-21-19(22)17-9-8-15-4-2-3-5-16(15)12-17/h2-13H,1H3,(H,21,22)/b20-13-. The van der Waals surface area contributed by atoms with Crippen LogP contribution in [0, 0.1) is 0 Å². The van der Waals surface area contributed by atoms with E-state index in [1.54, 1.807) is 19.4 Å². The molecule has 0 unspecified atom stereocenters. The van der Waals surface area contributed by atoms with Gasteiger partial charge < -0.3 is 4.74 Å². The van der Waals surface area contributed by atoms with Crippen molar-refractivity contribution in [1.29, 1.82) is 0 Å². The van der Waals surface area contributed by atoms with E-state index in [0.29, 0.717) is 5.56 Å². The largest absolute Gasteiger partial charge is 0.497 e. The molecule has 0 heterocycles. The first-order valence-electron chi connectivity index (χ1n) is 7.22. The van der Waals surface area contributed by atoms with Crippen molar-refractivity contribution in [1.82, 2.24) is 5.43 Å². The monoisotopic (exact) mass is 304 g/mol. The Hall–Kier alpha value is -3.14. The van der Waals surface area contributed by atoms with E-state index in [0.717, 1.165) is 22.1 Å². The van der Waals surface area contributed by atoms with Gasteiger partial charge in [-0.1, -0.05) is 30.3 Å². The Labute approximate surface area is 134 Å². The Morgan fingerprint density at radius 2 is 1.74 bits per heavy atom. The molecule has 0 aliphatic rings. The van der Waals surface area contributed by atoms with E-state index in [1.165, 1.54) is 0 Å². The molecule has 114 valence electrons. The Kier molecular flexibility index (Phi) is 4.34. The lowest BCUT2D eigenvalue weighted by Crippen LogP contribution is -2.17. The van der Waals surface area contributed by atoms with Crippen molar-refractivity contribution in [3.05, 3.63) is 77.9 Å². The molecule has 3 aromatic rings. The van der Waals surface area contributed by atoms with Gasteiger partial charge in [-0.3, -0.25) is 4.79 Å². The number of ether oxygens (including phenoxy) is 1. The number of carbonyl (C=O) groups excluding carboxylic acids is 1. The topological polar surface area (TPSA) is 50.7 Å². The Bertz CT molecular complexity index is 855. The molecule has 0 saturated carbocycles. The van der Waals surface area contributed by atoms with Crippen LogP contribution in [-0.4, -0.2) is 19.2 Å². The SMILES string of the molecule is COc1ccc(/C=N\NC(=O)c2ccc3ccccc3c2)cc1. The molecule has 0 bridgehead atoms. The third-order valence-corrected chi connectivity index (χ3v) is 3.51. The second kappa shape index (κ2) is 6.75. The third kappa shape index (κ3) is 3.55. The number of nitrogens with zero attached hydrogens (tertiary/aromatic N) is 1. The summed E-state index contributed by atoms with van der Waals surface area (Å²) >= 11 is 0. The number of amides is 1. The molecule has 0 fully saturated rings. The number of rotatable bonds is 4. The van der Waals surface area contributed by atoms with Crippen molar-refractivity contribution < 1.29 is 9.53 Å². The fraction of sp³-hybridized carbons (Fsp3) is 0.0526. The van der Waals surface area contributed by atoms with Gasteiger partial charge in [0.1, 0.15) is 5.75 Å². The van der Waals surface area contributed by atoms with Gasteiger partial charge in [0.25, 0.3) is 5.91 Å². The third-order valence-electron chi connectivity index (χ3n) is 3.51. The van der Waals surface area contributed by atoms with Crippen molar-refractivity contribution in [2.24, 2.45) is 5.10 Å². The maximum atomic E-state index is 12.1. The number of nitrogens with one attached hydrogen (secondary N) is 1. The molecule has 0 aromatic heterocycles. The molecule has 1 amide bonds. The lowest BCUT2D eigenvalue weighted by Gasteiger charge is -2.02. The Morgan fingerprint density at radius 1 is 1.00 bits per heavy atom. The predicted octanol–water partition coefficient (Wildman–Crippen LogP) is 3.61. The summed E-state index contributed by atoms with van der Waals surface area (Å²) in [5, 5.41) is 6.12. The minimum atomic E-state index is -0.236. The summed E-state index contributed by atoms with van der Waals surface area (Å²) < 4.78 is 5.09. The molecule has 0 saturated heterocycles. The van der Waals surface area contributed by atoms with Crippen molar-refractivity contribution in [2.45, 2.75) is 0 Å². The Balaban J connectivity index is 1.68. The minimum Gasteiger partial charge on any atom is -0.497 e. The molecule has 1 N–H and O–H groups in total. The summed E-state index contributed by atoms with van der Waals surface area (Å²) in [6.07, 6.45) is 1.60. The smallest absolute Gasteiger partial charge is 0.271 e. The van der Waals surface area contributed by atoms with Crippen molar-refractivity contribution in [3.8, 4) is 5.75 Å². The van der Waals surface area contributed by atoms with Crippen LogP contribution in [0.5, 0.6) is 5.75 Å². The number of fused-ring (bicyclic) bond motifs is 1. The fourth-order valence-corrected chi connectivity index (χ4v) is 2.25. The maximum absolute atomic E-state index is 12.1. The first kappa shape index (κ1) is 14.8. The van der Waals surface area contributed by atoms with E-state index in [1.807, 2.05) is 60.7 Å². The summed E-state index contributed by atoms with van der Waals surface area (Å²) in [7, 11) is 1.62. The number of carbonyl (C=O) groups is 1. The zero-order chi connectivity index (χ0) is 16.1. The van der Waals surface area contributed by atoms with Gasteiger partial charge >= 0.3 is 0 Å². The van der Waals surface area contributed by atoms with Gasteiger partial charge in [0, 0.05) is 5.56 Å². The molecular weight excluding hydrogens is 288 g/mol. The predicted molar refractivity (Wildman–Crippen MR) is 92.0 cm³/mol. The van der Waals surface area contributed by atoms with Crippen molar-refractivity contribution >= 4 is 22.9 Å².